The van der Waals surface area contributed by atoms with Crippen molar-refractivity contribution in [1.82, 2.24) is 0 Å². The van der Waals surface area contributed by atoms with Crippen LogP contribution in [0.25, 0.3) is 0 Å². The van der Waals surface area contributed by atoms with Crippen LogP contribution in [0, 0.1) is 0 Å². The topological polar surface area (TPSA) is 163 Å². The molecular formula is C5H6K2Na2O11. The molecule has 11 nitrogen and oxygen atoms in total. The fraction of sp³-hybridized carbons (Fsp3) is 0. The monoisotopic (exact) mass is 366 g/mol. The SMILES string of the molecule is O=C(O)OC(=O)OC(=O)OC(=O)OC(=O)O.[H-].[H-].[H-].[H-].[K+].[K+].[Na+].[Na+]. The molecule has 0 heterocycles. The van der Waals surface area contributed by atoms with Crippen molar-refractivity contribution in [2.24, 2.45) is 0 Å². The van der Waals surface area contributed by atoms with Gasteiger partial charge in [0, 0.05) is 0 Å². The minimum atomic E-state index is -2.06. The maximum atomic E-state index is 10.4. The average Bonchev–Trinajstić information content (AvgIpc) is 1.97. The Morgan fingerprint density at radius 2 is 0.800 bits per heavy atom. The molecule has 0 radical (unpaired) electrons. The van der Waals surface area contributed by atoms with Gasteiger partial charge in [0.25, 0.3) is 0 Å². The maximum absolute atomic E-state index is 10.4. The van der Waals surface area contributed by atoms with Gasteiger partial charge < -0.3 is 34.9 Å². The van der Waals surface area contributed by atoms with E-state index in [1.165, 1.54) is 0 Å². The van der Waals surface area contributed by atoms with E-state index in [1.54, 1.807) is 0 Å². The summed E-state index contributed by atoms with van der Waals surface area (Å²) in [5, 5.41) is 15.7. The Kier molecular flexibility index (Phi) is 33.0. The summed E-state index contributed by atoms with van der Waals surface area (Å²) >= 11 is 0. The number of carboxylic acid groups (broad SMARTS) is 2. The summed E-state index contributed by atoms with van der Waals surface area (Å²) in [7, 11) is 0. The zero-order chi connectivity index (χ0) is 12.7. The number of hydrogen-bond donors (Lipinski definition) is 2. The first kappa shape index (κ1) is 33.9. The summed E-state index contributed by atoms with van der Waals surface area (Å²) in [6.07, 6.45) is -10.1. The van der Waals surface area contributed by atoms with Crippen molar-refractivity contribution in [3.8, 4) is 0 Å². The molecular weight excluding hydrogens is 360 g/mol. The van der Waals surface area contributed by atoms with Gasteiger partial charge in [0.2, 0.25) is 0 Å². The number of hydrogen-bond acceptors (Lipinski definition) is 9. The molecule has 0 aliphatic carbocycles. The van der Waals surface area contributed by atoms with Gasteiger partial charge in [0.1, 0.15) is 0 Å². The van der Waals surface area contributed by atoms with Gasteiger partial charge >= 0.3 is 193 Å². The van der Waals surface area contributed by atoms with E-state index in [0.717, 1.165) is 0 Å². The van der Waals surface area contributed by atoms with E-state index in [1.807, 2.05) is 0 Å². The van der Waals surface area contributed by atoms with Crippen molar-refractivity contribution < 1.29 is 221 Å². The van der Waals surface area contributed by atoms with E-state index in [2.05, 4.69) is 18.9 Å². The third-order valence-corrected chi connectivity index (χ3v) is 0.675. The predicted octanol–water partition coefficient (Wildman–Crippen LogP) is -10.8. The zero-order valence-electron chi connectivity index (χ0n) is 15.1. The molecule has 0 bridgehead atoms. The van der Waals surface area contributed by atoms with Crippen molar-refractivity contribution in [3.05, 3.63) is 0 Å². The van der Waals surface area contributed by atoms with E-state index < -0.39 is 30.8 Å². The van der Waals surface area contributed by atoms with Gasteiger partial charge in [-0.2, -0.15) is 0 Å². The normalized spacial score (nSPS) is 6.80. The number of carbonyl (C=O) groups is 5. The Morgan fingerprint density at radius 3 is 1.00 bits per heavy atom. The molecule has 0 aliphatic rings. The van der Waals surface area contributed by atoms with Crippen molar-refractivity contribution in [1.29, 1.82) is 0 Å². The van der Waals surface area contributed by atoms with Crippen LogP contribution in [0.3, 0.4) is 0 Å². The molecule has 0 saturated heterocycles. The fourth-order valence-corrected chi connectivity index (χ4v) is 0.341. The van der Waals surface area contributed by atoms with E-state index in [-0.39, 0.29) is 168 Å². The predicted molar refractivity (Wildman–Crippen MR) is 41.0 cm³/mol. The minimum Gasteiger partial charge on any atom is -1.00 e. The van der Waals surface area contributed by atoms with E-state index in [0.29, 0.717) is 0 Å². The summed E-state index contributed by atoms with van der Waals surface area (Å²) in [4.78, 5) is 50.4. The van der Waals surface area contributed by atoms with Crippen LogP contribution in [0.15, 0.2) is 0 Å². The Balaban J connectivity index is -0.0000000402. The van der Waals surface area contributed by atoms with E-state index in [4.69, 9.17) is 10.2 Å². The van der Waals surface area contributed by atoms with Crippen LogP contribution < -0.4 is 162 Å². The van der Waals surface area contributed by atoms with E-state index in [9.17, 15) is 24.0 Å². The van der Waals surface area contributed by atoms with Gasteiger partial charge in [0.15, 0.2) is 0 Å². The van der Waals surface area contributed by atoms with Crippen LogP contribution in [0.2, 0.25) is 0 Å². The molecule has 15 heteroatoms. The molecule has 0 rings (SSSR count). The number of carbonyl (C=O) groups excluding carboxylic acids is 3. The van der Waals surface area contributed by atoms with E-state index >= 15 is 0 Å². The maximum Gasteiger partial charge on any atom is 1.00 e. The fourth-order valence-electron chi connectivity index (χ4n) is 0.341. The summed E-state index contributed by atoms with van der Waals surface area (Å²) < 4.78 is 13.4. The smallest absolute Gasteiger partial charge is 1.00 e. The van der Waals surface area contributed by atoms with Crippen molar-refractivity contribution in [2.45, 2.75) is 0 Å². The molecule has 0 spiro atoms. The average molecular weight is 366 g/mol. The largest absolute Gasteiger partial charge is 1.00 e. The molecule has 0 aromatic heterocycles. The van der Waals surface area contributed by atoms with Crippen LogP contribution in [-0.4, -0.2) is 41.0 Å². The van der Waals surface area contributed by atoms with Crippen LogP contribution in [-0.2, 0) is 18.9 Å². The summed E-state index contributed by atoms with van der Waals surface area (Å²) in [6.45, 7) is 0. The van der Waals surface area contributed by atoms with Gasteiger partial charge in [-0.3, -0.25) is 0 Å². The summed E-state index contributed by atoms with van der Waals surface area (Å²) in [5.74, 6) is 0. The van der Waals surface area contributed by atoms with Crippen molar-refractivity contribution in [3.63, 3.8) is 0 Å². The molecule has 2 N–H and O–H groups in total. The second kappa shape index (κ2) is 19.5. The standard InChI is InChI=1S/C5H2O11.2K.2Na.4H/c6-1(7)13-3(10)15-5(12)16-4(11)14-2(8)9;;;;;;;;/h(H,6,7)(H,8,9);;;;;;;;/q;4*+1;4*-1. The van der Waals surface area contributed by atoms with Gasteiger partial charge in [-0.1, -0.05) is 0 Å². The van der Waals surface area contributed by atoms with Crippen LogP contribution in [0.5, 0.6) is 0 Å². The zero-order valence-corrected chi connectivity index (χ0v) is 21.3. The molecule has 0 aliphatic heterocycles. The van der Waals surface area contributed by atoms with Crippen LogP contribution >= 0.6 is 0 Å². The Bertz CT molecular complexity index is 342. The van der Waals surface area contributed by atoms with Crippen LogP contribution in [0.1, 0.15) is 5.71 Å². The molecule has 0 aromatic carbocycles. The second-order valence-electron chi connectivity index (χ2n) is 1.69. The Labute approximate surface area is 246 Å². The molecule has 0 amide bonds. The van der Waals surface area contributed by atoms with Crippen molar-refractivity contribution >= 4 is 30.8 Å². The molecule has 0 saturated carbocycles. The Hall–Kier alpha value is 2.42. The first-order valence-electron chi connectivity index (χ1n) is 3.10. The van der Waals surface area contributed by atoms with Gasteiger partial charge in [-0.25, -0.2) is 24.0 Å². The molecule has 96 valence electrons. The Morgan fingerprint density at radius 1 is 0.600 bits per heavy atom. The number of ether oxygens (including phenoxy) is 4. The second-order valence-corrected chi connectivity index (χ2v) is 1.69. The van der Waals surface area contributed by atoms with Gasteiger partial charge in [-0.15, -0.1) is 0 Å². The van der Waals surface area contributed by atoms with Crippen LogP contribution in [0.4, 0.5) is 24.0 Å². The first-order chi connectivity index (χ1) is 7.31. The minimum absolute atomic E-state index is 0. The van der Waals surface area contributed by atoms with Gasteiger partial charge in [-0.05, 0) is 0 Å². The van der Waals surface area contributed by atoms with Gasteiger partial charge in [0.05, 0.1) is 0 Å². The molecule has 20 heavy (non-hydrogen) atoms. The summed E-state index contributed by atoms with van der Waals surface area (Å²) in [5.41, 5.74) is 0. The molecule has 0 atom stereocenters. The molecule has 0 fully saturated rings. The first-order valence-corrected chi connectivity index (χ1v) is 3.10. The third-order valence-electron chi connectivity index (χ3n) is 0.675. The third kappa shape index (κ3) is 22.7. The molecule has 0 unspecified atom stereocenters. The quantitative estimate of drug-likeness (QED) is 0.238. The summed E-state index contributed by atoms with van der Waals surface area (Å²) in [6, 6.07) is 0. The molecule has 0 aromatic rings. The van der Waals surface area contributed by atoms with Crippen molar-refractivity contribution in [2.75, 3.05) is 0 Å². The number of rotatable bonds is 0.